The molecule has 0 atom stereocenters. The van der Waals surface area contributed by atoms with Crippen LogP contribution in [0.4, 0.5) is 5.69 Å². The molecule has 0 radical (unpaired) electrons. The van der Waals surface area contributed by atoms with Crippen LogP contribution in [0.1, 0.15) is 30.9 Å². The van der Waals surface area contributed by atoms with Gasteiger partial charge in [-0.3, -0.25) is 4.79 Å². The highest BCUT2D eigenvalue weighted by Crippen LogP contribution is 2.18. The van der Waals surface area contributed by atoms with Gasteiger partial charge in [0.05, 0.1) is 0 Å². The molecular formula is C19H17BrN2O. The topological polar surface area (TPSA) is 52.9 Å². The minimum Gasteiger partial charge on any atom is -0.321 e. The van der Waals surface area contributed by atoms with Gasteiger partial charge in [0, 0.05) is 10.2 Å². The van der Waals surface area contributed by atoms with Gasteiger partial charge in [-0.2, -0.15) is 5.26 Å². The van der Waals surface area contributed by atoms with Crippen molar-refractivity contribution in [3.63, 3.8) is 0 Å². The fourth-order valence-electron chi connectivity index (χ4n) is 2.06. The van der Waals surface area contributed by atoms with E-state index < -0.39 is 5.91 Å². The number of nitriles is 1. The summed E-state index contributed by atoms with van der Waals surface area (Å²) in [5.74, 6) is 0.0295. The molecule has 0 fully saturated rings. The number of carbonyl (C=O) groups is 1. The quantitative estimate of drug-likeness (QED) is 0.601. The molecule has 2 aromatic rings. The number of benzene rings is 2. The van der Waals surface area contributed by atoms with Gasteiger partial charge in [0.15, 0.2) is 0 Å². The summed E-state index contributed by atoms with van der Waals surface area (Å²) in [5.41, 5.74) is 2.76. The van der Waals surface area contributed by atoms with Crippen LogP contribution in [0.2, 0.25) is 0 Å². The van der Waals surface area contributed by atoms with Crippen LogP contribution in [0.25, 0.3) is 6.08 Å². The zero-order valence-electron chi connectivity index (χ0n) is 13.0. The first-order valence-corrected chi connectivity index (χ1v) is 8.07. The molecule has 116 valence electrons. The third-order valence-corrected chi connectivity index (χ3v) is 3.85. The standard InChI is InChI=1S/C19H17BrN2O/c1-13(2)15-8-6-14(7-9-15)10-16(12-21)19(23)22-18-5-3-4-17(20)11-18/h3-11,13H,1-2H3,(H,22,23). The number of halogens is 1. The first-order valence-electron chi connectivity index (χ1n) is 7.28. The van der Waals surface area contributed by atoms with E-state index in [1.807, 2.05) is 42.5 Å². The third-order valence-electron chi connectivity index (χ3n) is 3.36. The highest BCUT2D eigenvalue weighted by Gasteiger charge is 2.10. The number of hydrogen-bond donors (Lipinski definition) is 1. The van der Waals surface area contributed by atoms with E-state index in [9.17, 15) is 10.1 Å². The van der Waals surface area contributed by atoms with Crippen LogP contribution in [0.5, 0.6) is 0 Å². The molecule has 1 amide bonds. The maximum absolute atomic E-state index is 12.2. The predicted octanol–water partition coefficient (Wildman–Crippen LogP) is 5.12. The van der Waals surface area contributed by atoms with Gasteiger partial charge in [-0.05, 0) is 41.3 Å². The Hall–Kier alpha value is -2.38. The van der Waals surface area contributed by atoms with E-state index in [2.05, 4.69) is 35.1 Å². The Morgan fingerprint density at radius 3 is 2.48 bits per heavy atom. The molecule has 0 aromatic heterocycles. The van der Waals surface area contributed by atoms with Crippen molar-refractivity contribution in [3.8, 4) is 6.07 Å². The van der Waals surface area contributed by atoms with Gasteiger partial charge in [-0.25, -0.2) is 0 Å². The second-order valence-electron chi connectivity index (χ2n) is 5.46. The van der Waals surface area contributed by atoms with E-state index in [0.29, 0.717) is 11.6 Å². The van der Waals surface area contributed by atoms with Crippen molar-refractivity contribution in [2.75, 3.05) is 5.32 Å². The molecular weight excluding hydrogens is 352 g/mol. The lowest BCUT2D eigenvalue weighted by atomic mass is 10.0. The lowest BCUT2D eigenvalue weighted by molar-refractivity contribution is -0.112. The van der Waals surface area contributed by atoms with E-state index >= 15 is 0 Å². The molecule has 0 heterocycles. The van der Waals surface area contributed by atoms with Gasteiger partial charge in [0.25, 0.3) is 5.91 Å². The maximum atomic E-state index is 12.2. The number of nitrogens with zero attached hydrogens (tertiary/aromatic N) is 1. The summed E-state index contributed by atoms with van der Waals surface area (Å²) >= 11 is 3.35. The fourth-order valence-corrected chi connectivity index (χ4v) is 2.46. The Morgan fingerprint density at radius 1 is 1.22 bits per heavy atom. The van der Waals surface area contributed by atoms with Crippen LogP contribution in [0, 0.1) is 11.3 Å². The minimum atomic E-state index is -0.418. The van der Waals surface area contributed by atoms with Crippen LogP contribution >= 0.6 is 15.9 Å². The molecule has 2 rings (SSSR count). The van der Waals surface area contributed by atoms with Crippen molar-refractivity contribution in [2.24, 2.45) is 0 Å². The second-order valence-corrected chi connectivity index (χ2v) is 6.37. The lowest BCUT2D eigenvalue weighted by Gasteiger charge is -2.06. The van der Waals surface area contributed by atoms with Gasteiger partial charge >= 0.3 is 0 Å². The second kappa shape index (κ2) is 7.75. The van der Waals surface area contributed by atoms with E-state index in [1.165, 1.54) is 5.56 Å². The lowest BCUT2D eigenvalue weighted by Crippen LogP contribution is -2.13. The van der Waals surface area contributed by atoms with Crippen molar-refractivity contribution in [1.82, 2.24) is 0 Å². The van der Waals surface area contributed by atoms with Gasteiger partial charge in [0.1, 0.15) is 11.6 Å². The monoisotopic (exact) mass is 368 g/mol. The summed E-state index contributed by atoms with van der Waals surface area (Å²) in [6, 6.07) is 17.1. The Kier molecular flexibility index (Phi) is 5.72. The van der Waals surface area contributed by atoms with Crippen molar-refractivity contribution in [2.45, 2.75) is 19.8 Å². The number of anilines is 1. The van der Waals surface area contributed by atoms with Crippen LogP contribution in [0.15, 0.2) is 58.6 Å². The molecule has 0 bridgehead atoms. The molecule has 0 aliphatic heterocycles. The molecule has 0 spiro atoms. The highest BCUT2D eigenvalue weighted by molar-refractivity contribution is 9.10. The summed E-state index contributed by atoms with van der Waals surface area (Å²) in [6.07, 6.45) is 1.59. The Labute approximate surface area is 144 Å². The zero-order valence-corrected chi connectivity index (χ0v) is 14.6. The minimum absolute atomic E-state index is 0.0715. The van der Waals surface area contributed by atoms with Gasteiger partial charge in [-0.1, -0.05) is 60.1 Å². The van der Waals surface area contributed by atoms with Crippen LogP contribution in [-0.2, 0) is 4.79 Å². The fraction of sp³-hybridized carbons (Fsp3) is 0.158. The van der Waals surface area contributed by atoms with E-state index in [4.69, 9.17) is 0 Å². The maximum Gasteiger partial charge on any atom is 0.266 e. The van der Waals surface area contributed by atoms with Crippen molar-refractivity contribution in [1.29, 1.82) is 5.26 Å². The van der Waals surface area contributed by atoms with Crippen LogP contribution in [-0.4, -0.2) is 5.91 Å². The third kappa shape index (κ3) is 4.80. The Bertz CT molecular complexity index is 771. The number of carbonyl (C=O) groups excluding carboxylic acids is 1. The summed E-state index contributed by atoms with van der Waals surface area (Å²) in [7, 11) is 0. The number of nitrogens with one attached hydrogen (secondary N) is 1. The molecule has 0 saturated carbocycles. The molecule has 23 heavy (non-hydrogen) atoms. The van der Waals surface area contributed by atoms with Crippen molar-refractivity contribution < 1.29 is 4.79 Å². The van der Waals surface area contributed by atoms with Crippen LogP contribution in [0.3, 0.4) is 0 Å². The molecule has 0 saturated heterocycles. The molecule has 0 aliphatic carbocycles. The number of hydrogen-bond acceptors (Lipinski definition) is 2. The first kappa shape index (κ1) is 17.0. The average Bonchev–Trinajstić information content (AvgIpc) is 2.53. The Morgan fingerprint density at radius 2 is 1.91 bits per heavy atom. The Balaban J connectivity index is 2.18. The molecule has 3 nitrogen and oxygen atoms in total. The largest absolute Gasteiger partial charge is 0.321 e. The van der Waals surface area contributed by atoms with Gasteiger partial charge in [-0.15, -0.1) is 0 Å². The molecule has 0 aliphatic rings. The zero-order chi connectivity index (χ0) is 16.8. The average molecular weight is 369 g/mol. The summed E-state index contributed by atoms with van der Waals surface area (Å²) in [5, 5.41) is 12.0. The van der Waals surface area contributed by atoms with E-state index in [-0.39, 0.29) is 5.57 Å². The molecule has 2 aromatic carbocycles. The highest BCUT2D eigenvalue weighted by atomic mass is 79.9. The van der Waals surface area contributed by atoms with Crippen molar-refractivity contribution in [3.05, 3.63) is 69.7 Å². The predicted molar refractivity (Wildman–Crippen MR) is 96.9 cm³/mol. The van der Waals surface area contributed by atoms with Crippen molar-refractivity contribution >= 4 is 33.6 Å². The number of rotatable bonds is 4. The van der Waals surface area contributed by atoms with E-state index in [1.54, 1.807) is 18.2 Å². The van der Waals surface area contributed by atoms with E-state index in [0.717, 1.165) is 10.0 Å². The smallest absolute Gasteiger partial charge is 0.266 e. The van der Waals surface area contributed by atoms with Crippen LogP contribution < -0.4 is 5.32 Å². The molecule has 4 heteroatoms. The number of amides is 1. The van der Waals surface area contributed by atoms with Gasteiger partial charge in [0.2, 0.25) is 0 Å². The summed E-state index contributed by atoms with van der Waals surface area (Å²) < 4.78 is 0.863. The summed E-state index contributed by atoms with van der Waals surface area (Å²) in [6.45, 7) is 4.24. The SMILES string of the molecule is CC(C)c1ccc(C=C(C#N)C(=O)Nc2cccc(Br)c2)cc1. The van der Waals surface area contributed by atoms with Gasteiger partial charge < -0.3 is 5.32 Å². The normalized spacial score (nSPS) is 11.2. The first-order chi connectivity index (χ1) is 11.0. The molecule has 0 unspecified atom stereocenters. The molecule has 1 N–H and O–H groups in total. The summed E-state index contributed by atoms with van der Waals surface area (Å²) in [4.78, 5) is 12.2.